The van der Waals surface area contributed by atoms with E-state index in [0.717, 1.165) is 13.0 Å². The SMILES string of the molecule is CC(=O)C1=Cc2cc(S(=O)(=O)N3CCOCC3)ccc2OC1C(F)(F)F. The molecule has 2 aliphatic rings. The summed E-state index contributed by atoms with van der Waals surface area (Å²) < 4.78 is 76.0. The van der Waals surface area contributed by atoms with Crippen molar-refractivity contribution in [1.82, 2.24) is 4.31 Å². The van der Waals surface area contributed by atoms with Crippen molar-refractivity contribution < 1.29 is 35.9 Å². The number of nitrogens with zero attached hydrogens (tertiary/aromatic N) is 1. The maximum atomic E-state index is 13.1. The van der Waals surface area contributed by atoms with Gasteiger partial charge in [0.15, 0.2) is 5.78 Å². The first-order valence-corrected chi connectivity index (χ1v) is 9.22. The zero-order valence-corrected chi connectivity index (χ0v) is 14.6. The lowest BCUT2D eigenvalue weighted by molar-refractivity contribution is -0.184. The number of sulfonamides is 1. The summed E-state index contributed by atoms with van der Waals surface area (Å²) in [5.41, 5.74) is -0.448. The fraction of sp³-hybridized carbons (Fsp3) is 0.438. The highest BCUT2D eigenvalue weighted by atomic mass is 32.2. The van der Waals surface area contributed by atoms with Crippen molar-refractivity contribution in [1.29, 1.82) is 0 Å². The topological polar surface area (TPSA) is 72.9 Å². The molecule has 1 unspecified atom stereocenters. The van der Waals surface area contributed by atoms with Gasteiger partial charge in [-0.2, -0.15) is 17.5 Å². The number of morpholine rings is 1. The third kappa shape index (κ3) is 3.49. The van der Waals surface area contributed by atoms with Gasteiger partial charge in [-0.05, 0) is 31.2 Å². The molecule has 0 saturated carbocycles. The van der Waals surface area contributed by atoms with Crippen LogP contribution in [0.5, 0.6) is 5.75 Å². The van der Waals surface area contributed by atoms with Gasteiger partial charge < -0.3 is 9.47 Å². The number of ketones is 1. The summed E-state index contributed by atoms with van der Waals surface area (Å²) >= 11 is 0. The Labute approximate surface area is 148 Å². The van der Waals surface area contributed by atoms with Gasteiger partial charge in [-0.3, -0.25) is 4.79 Å². The van der Waals surface area contributed by atoms with Gasteiger partial charge in [0.25, 0.3) is 0 Å². The second-order valence-corrected chi connectivity index (χ2v) is 7.85. The molecule has 0 amide bonds. The average molecular weight is 391 g/mol. The van der Waals surface area contributed by atoms with Crippen LogP contribution in [0.15, 0.2) is 28.7 Å². The fourth-order valence-electron chi connectivity index (χ4n) is 2.81. The summed E-state index contributed by atoms with van der Waals surface area (Å²) in [7, 11) is -3.81. The maximum absolute atomic E-state index is 13.1. The Morgan fingerprint density at radius 1 is 1.23 bits per heavy atom. The highest BCUT2D eigenvalue weighted by Crippen LogP contribution is 2.38. The molecule has 1 saturated heterocycles. The smallest absolute Gasteiger partial charge is 0.429 e. The van der Waals surface area contributed by atoms with Crippen LogP contribution in [0.2, 0.25) is 0 Å². The van der Waals surface area contributed by atoms with E-state index in [-0.39, 0.29) is 42.5 Å². The third-order valence-electron chi connectivity index (χ3n) is 4.13. The first kappa shape index (κ1) is 18.9. The van der Waals surface area contributed by atoms with Crippen LogP contribution in [0.3, 0.4) is 0 Å². The fourth-order valence-corrected chi connectivity index (χ4v) is 4.25. The van der Waals surface area contributed by atoms with Gasteiger partial charge in [0, 0.05) is 24.2 Å². The number of benzene rings is 1. The van der Waals surface area contributed by atoms with Crippen LogP contribution in [-0.2, 0) is 19.6 Å². The summed E-state index contributed by atoms with van der Waals surface area (Å²) in [5.74, 6) is -0.919. The van der Waals surface area contributed by atoms with Crippen LogP contribution in [0.4, 0.5) is 13.2 Å². The van der Waals surface area contributed by atoms with E-state index in [2.05, 4.69) is 0 Å². The Morgan fingerprint density at radius 2 is 1.88 bits per heavy atom. The minimum atomic E-state index is -4.76. The molecule has 6 nitrogen and oxygen atoms in total. The number of hydrogen-bond acceptors (Lipinski definition) is 5. The molecule has 26 heavy (non-hydrogen) atoms. The standard InChI is InChI=1S/C16H16F3NO5S/c1-10(21)13-9-11-8-12(26(22,23)20-4-6-24-7-5-20)2-3-14(11)25-15(13)16(17,18)19/h2-3,8-9,15H,4-7H2,1H3. The molecule has 2 heterocycles. The molecule has 0 radical (unpaired) electrons. The van der Waals surface area contributed by atoms with Crippen LogP contribution >= 0.6 is 0 Å². The molecule has 0 spiro atoms. The number of Topliss-reactive ketones (excluding diaryl/α,β-unsaturated/α-hetero) is 1. The Balaban J connectivity index is 2.01. The van der Waals surface area contributed by atoms with E-state index in [4.69, 9.17) is 9.47 Å². The molecule has 10 heteroatoms. The van der Waals surface area contributed by atoms with E-state index in [0.29, 0.717) is 0 Å². The summed E-state index contributed by atoms with van der Waals surface area (Å²) in [6.45, 7) is 1.94. The molecule has 1 aromatic rings. The Morgan fingerprint density at radius 3 is 2.46 bits per heavy atom. The highest BCUT2D eigenvalue weighted by molar-refractivity contribution is 7.89. The van der Waals surface area contributed by atoms with Crippen molar-refractivity contribution in [3.05, 3.63) is 29.3 Å². The van der Waals surface area contributed by atoms with E-state index in [1.807, 2.05) is 0 Å². The average Bonchev–Trinajstić information content (AvgIpc) is 2.60. The molecular formula is C16H16F3NO5S. The van der Waals surface area contributed by atoms with E-state index < -0.39 is 33.7 Å². The van der Waals surface area contributed by atoms with Gasteiger partial charge in [0.05, 0.1) is 18.1 Å². The lowest BCUT2D eigenvalue weighted by Gasteiger charge is -2.29. The first-order valence-electron chi connectivity index (χ1n) is 7.78. The molecular weight excluding hydrogens is 375 g/mol. The van der Waals surface area contributed by atoms with Crippen LogP contribution in [0, 0.1) is 0 Å². The van der Waals surface area contributed by atoms with E-state index in [1.165, 1.54) is 22.5 Å². The summed E-state index contributed by atoms with van der Waals surface area (Å²) in [6.07, 6.45) is -6.08. The molecule has 0 bridgehead atoms. The first-order chi connectivity index (χ1) is 12.1. The number of fused-ring (bicyclic) bond motifs is 1. The van der Waals surface area contributed by atoms with Crippen molar-refractivity contribution in [3.63, 3.8) is 0 Å². The lowest BCUT2D eigenvalue weighted by atomic mass is 9.98. The van der Waals surface area contributed by atoms with Crippen molar-refractivity contribution in [3.8, 4) is 5.75 Å². The van der Waals surface area contributed by atoms with E-state index in [1.54, 1.807) is 0 Å². The zero-order chi connectivity index (χ0) is 19.1. The molecule has 1 aromatic carbocycles. The number of hydrogen-bond donors (Lipinski definition) is 0. The molecule has 142 valence electrons. The van der Waals surface area contributed by atoms with Crippen LogP contribution < -0.4 is 4.74 Å². The van der Waals surface area contributed by atoms with Crippen molar-refractivity contribution in [2.24, 2.45) is 0 Å². The molecule has 2 aliphatic heterocycles. The van der Waals surface area contributed by atoms with Crippen LogP contribution in [0.1, 0.15) is 12.5 Å². The van der Waals surface area contributed by atoms with E-state index in [9.17, 15) is 26.4 Å². The molecule has 0 N–H and O–H groups in total. The molecule has 0 aliphatic carbocycles. The predicted molar refractivity (Wildman–Crippen MR) is 85.1 cm³/mol. The second kappa shape index (κ2) is 6.67. The van der Waals surface area contributed by atoms with Crippen molar-refractivity contribution >= 4 is 21.9 Å². The normalized spacial score (nSPS) is 21.5. The molecule has 1 atom stereocenters. The predicted octanol–water partition coefficient (Wildman–Crippen LogP) is 2.00. The second-order valence-electron chi connectivity index (χ2n) is 5.91. The molecule has 3 rings (SSSR count). The largest absolute Gasteiger partial charge is 0.475 e. The van der Waals surface area contributed by atoms with Gasteiger partial charge in [-0.1, -0.05) is 0 Å². The van der Waals surface area contributed by atoms with Gasteiger partial charge in [-0.15, -0.1) is 0 Å². The number of halogens is 3. The van der Waals surface area contributed by atoms with Crippen LogP contribution in [-0.4, -0.2) is 57.1 Å². The number of alkyl halides is 3. The Hall–Kier alpha value is -1.91. The van der Waals surface area contributed by atoms with Gasteiger partial charge in [0.2, 0.25) is 16.1 Å². The van der Waals surface area contributed by atoms with Crippen LogP contribution in [0.25, 0.3) is 6.08 Å². The molecule has 1 fully saturated rings. The molecule has 0 aromatic heterocycles. The summed E-state index contributed by atoms with van der Waals surface area (Å²) in [4.78, 5) is 11.5. The minimum absolute atomic E-state index is 0.0774. The minimum Gasteiger partial charge on any atom is -0.475 e. The summed E-state index contributed by atoms with van der Waals surface area (Å²) in [5, 5.41) is 0. The van der Waals surface area contributed by atoms with Crippen molar-refractivity contribution in [2.75, 3.05) is 26.3 Å². The lowest BCUT2D eigenvalue weighted by Crippen LogP contribution is -2.41. The number of ether oxygens (including phenoxy) is 2. The highest BCUT2D eigenvalue weighted by Gasteiger charge is 2.47. The number of carbonyl (C=O) groups is 1. The number of rotatable bonds is 3. The zero-order valence-electron chi connectivity index (χ0n) is 13.7. The van der Waals surface area contributed by atoms with Gasteiger partial charge in [0.1, 0.15) is 5.75 Å². The van der Waals surface area contributed by atoms with E-state index >= 15 is 0 Å². The monoisotopic (exact) mass is 391 g/mol. The Bertz CT molecular complexity index is 857. The summed E-state index contributed by atoms with van der Waals surface area (Å²) in [6, 6.07) is 3.59. The number of carbonyl (C=O) groups excluding carboxylic acids is 1. The van der Waals surface area contributed by atoms with Crippen molar-refractivity contribution in [2.45, 2.75) is 24.1 Å². The van der Waals surface area contributed by atoms with Gasteiger partial charge >= 0.3 is 6.18 Å². The Kier molecular flexibility index (Phi) is 4.84. The quantitative estimate of drug-likeness (QED) is 0.788. The maximum Gasteiger partial charge on any atom is 0.429 e. The third-order valence-corrected chi connectivity index (χ3v) is 6.03. The van der Waals surface area contributed by atoms with Gasteiger partial charge in [-0.25, -0.2) is 8.42 Å².